The minimum absolute atomic E-state index is 0.0143. The molecule has 1 fully saturated rings. The first-order chi connectivity index (χ1) is 13.6. The van der Waals surface area contributed by atoms with E-state index in [4.69, 9.17) is 0 Å². The molecule has 1 aromatic heterocycles. The summed E-state index contributed by atoms with van der Waals surface area (Å²) in [7, 11) is 0. The molecule has 0 spiro atoms. The zero-order chi connectivity index (χ0) is 19.5. The number of aromatic amines is 1. The average molecular weight is 379 g/mol. The summed E-state index contributed by atoms with van der Waals surface area (Å²) in [6.07, 6.45) is 3.19. The molecule has 5 nitrogen and oxygen atoms in total. The Morgan fingerprint density at radius 1 is 1.14 bits per heavy atom. The summed E-state index contributed by atoms with van der Waals surface area (Å²) in [4.78, 5) is 29.9. The molecule has 6 heteroatoms. The predicted octanol–water partition coefficient (Wildman–Crippen LogP) is 3.16. The third kappa shape index (κ3) is 3.63. The molecule has 3 aromatic rings. The van der Waals surface area contributed by atoms with E-state index in [0.29, 0.717) is 37.9 Å². The van der Waals surface area contributed by atoms with Gasteiger partial charge in [-0.2, -0.15) is 0 Å². The summed E-state index contributed by atoms with van der Waals surface area (Å²) in [6, 6.07) is 14.0. The van der Waals surface area contributed by atoms with Crippen molar-refractivity contribution in [3.05, 3.63) is 71.7 Å². The highest BCUT2D eigenvalue weighted by Gasteiger charge is 2.36. The number of para-hydroxylation sites is 1. The fraction of sp³-hybridized carbons (Fsp3) is 0.273. The van der Waals surface area contributed by atoms with Crippen LogP contribution >= 0.6 is 0 Å². The topological polar surface area (TPSA) is 65.2 Å². The maximum Gasteiger partial charge on any atom is 0.242 e. The van der Waals surface area contributed by atoms with Gasteiger partial charge in [-0.05, 0) is 36.1 Å². The zero-order valence-electron chi connectivity index (χ0n) is 15.5. The molecule has 2 aromatic carbocycles. The number of nitrogens with one attached hydrogen (secondary N) is 2. The summed E-state index contributed by atoms with van der Waals surface area (Å²) in [6.45, 7) is 0.736. The number of halogens is 1. The quantitative estimate of drug-likeness (QED) is 0.691. The third-order valence-electron chi connectivity index (χ3n) is 5.30. The first-order valence-electron chi connectivity index (χ1n) is 9.49. The molecule has 2 amide bonds. The number of carbonyl (C=O) groups is 2. The SMILES string of the molecule is O=C(NCCc1ccccc1F)[C@H]1CCC(=O)N1Cc1c[nH]c2ccccc12. The van der Waals surface area contributed by atoms with E-state index in [1.165, 1.54) is 6.07 Å². The van der Waals surface area contributed by atoms with E-state index in [0.717, 1.165) is 16.5 Å². The van der Waals surface area contributed by atoms with Crippen molar-refractivity contribution in [3.63, 3.8) is 0 Å². The van der Waals surface area contributed by atoms with Gasteiger partial charge in [0.25, 0.3) is 0 Å². The monoisotopic (exact) mass is 379 g/mol. The first kappa shape index (κ1) is 18.2. The molecule has 0 unspecified atom stereocenters. The van der Waals surface area contributed by atoms with Gasteiger partial charge in [-0.25, -0.2) is 4.39 Å². The molecule has 2 heterocycles. The van der Waals surface area contributed by atoms with Gasteiger partial charge >= 0.3 is 0 Å². The van der Waals surface area contributed by atoms with Gasteiger partial charge in [0.2, 0.25) is 11.8 Å². The maximum absolute atomic E-state index is 13.7. The Morgan fingerprint density at radius 3 is 2.79 bits per heavy atom. The Labute approximate surface area is 162 Å². The van der Waals surface area contributed by atoms with Crippen LogP contribution in [0.3, 0.4) is 0 Å². The van der Waals surface area contributed by atoms with Crippen LogP contribution in [0, 0.1) is 5.82 Å². The van der Waals surface area contributed by atoms with E-state index in [-0.39, 0.29) is 17.6 Å². The standard InChI is InChI=1S/C22H22FN3O2/c23-18-7-3-1-5-15(18)11-12-24-22(28)20-9-10-21(27)26(20)14-16-13-25-19-8-4-2-6-17(16)19/h1-8,13,20,25H,9-12,14H2,(H,24,28)/t20-/m1/s1. The molecule has 28 heavy (non-hydrogen) atoms. The van der Waals surface area contributed by atoms with Crippen LogP contribution in [0.25, 0.3) is 10.9 Å². The number of hydrogen-bond acceptors (Lipinski definition) is 2. The minimum atomic E-state index is -0.484. The van der Waals surface area contributed by atoms with Crippen molar-refractivity contribution in [1.82, 2.24) is 15.2 Å². The van der Waals surface area contributed by atoms with Crippen molar-refractivity contribution < 1.29 is 14.0 Å². The van der Waals surface area contributed by atoms with Gasteiger partial charge in [0, 0.05) is 36.6 Å². The number of amides is 2. The summed E-state index contributed by atoms with van der Waals surface area (Å²) >= 11 is 0. The van der Waals surface area contributed by atoms with Crippen molar-refractivity contribution >= 4 is 22.7 Å². The summed E-state index contributed by atoms with van der Waals surface area (Å²) in [5.74, 6) is -0.463. The number of nitrogens with zero attached hydrogens (tertiary/aromatic N) is 1. The van der Waals surface area contributed by atoms with Gasteiger partial charge in [0.15, 0.2) is 0 Å². The second kappa shape index (κ2) is 7.84. The fourth-order valence-corrected chi connectivity index (χ4v) is 3.79. The number of rotatable bonds is 6. The lowest BCUT2D eigenvalue weighted by Crippen LogP contribution is -2.44. The molecular formula is C22H22FN3O2. The van der Waals surface area contributed by atoms with Crippen LogP contribution in [0.15, 0.2) is 54.7 Å². The van der Waals surface area contributed by atoms with Crippen molar-refractivity contribution in [2.45, 2.75) is 31.8 Å². The molecule has 1 saturated heterocycles. The Hall–Kier alpha value is -3.15. The molecule has 144 valence electrons. The first-order valence-corrected chi connectivity index (χ1v) is 9.49. The van der Waals surface area contributed by atoms with Gasteiger partial charge in [0.05, 0.1) is 0 Å². The molecule has 0 radical (unpaired) electrons. The van der Waals surface area contributed by atoms with Crippen molar-refractivity contribution in [2.24, 2.45) is 0 Å². The van der Waals surface area contributed by atoms with Gasteiger partial charge < -0.3 is 15.2 Å². The Balaban J connectivity index is 1.41. The van der Waals surface area contributed by atoms with Gasteiger partial charge in [-0.15, -0.1) is 0 Å². The van der Waals surface area contributed by atoms with E-state index in [9.17, 15) is 14.0 Å². The number of aromatic nitrogens is 1. The normalized spacial score (nSPS) is 16.7. The Bertz CT molecular complexity index is 1010. The van der Waals surface area contributed by atoms with Crippen molar-refractivity contribution in [2.75, 3.05) is 6.54 Å². The second-order valence-corrected chi connectivity index (χ2v) is 7.07. The highest BCUT2D eigenvalue weighted by atomic mass is 19.1. The number of fused-ring (bicyclic) bond motifs is 1. The van der Waals surface area contributed by atoms with Crippen LogP contribution in [0.5, 0.6) is 0 Å². The van der Waals surface area contributed by atoms with E-state index in [1.807, 2.05) is 30.5 Å². The summed E-state index contributed by atoms with van der Waals surface area (Å²) < 4.78 is 13.7. The number of likely N-dealkylation sites (tertiary alicyclic amines) is 1. The maximum atomic E-state index is 13.7. The molecule has 2 N–H and O–H groups in total. The van der Waals surface area contributed by atoms with Crippen molar-refractivity contribution in [1.29, 1.82) is 0 Å². The molecule has 1 atom stereocenters. The van der Waals surface area contributed by atoms with Crippen LogP contribution in [0.2, 0.25) is 0 Å². The highest BCUT2D eigenvalue weighted by molar-refractivity contribution is 5.91. The lowest BCUT2D eigenvalue weighted by Gasteiger charge is -2.24. The van der Waals surface area contributed by atoms with Crippen LogP contribution in [0.4, 0.5) is 4.39 Å². The van der Waals surface area contributed by atoms with E-state index < -0.39 is 6.04 Å². The highest BCUT2D eigenvalue weighted by Crippen LogP contribution is 2.25. The Morgan fingerprint density at radius 2 is 1.93 bits per heavy atom. The largest absolute Gasteiger partial charge is 0.361 e. The molecule has 4 rings (SSSR count). The number of carbonyl (C=O) groups excluding carboxylic acids is 2. The molecule has 1 aliphatic rings. The molecular weight excluding hydrogens is 357 g/mol. The predicted molar refractivity (Wildman–Crippen MR) is 105 cm³/mol. The lowest BCUT2D eigenvalue weighted by molar-refractivity contribution is -0.135. The Kier molecular flexibility index (Phi) is 5.10. The van der Waals surface area contributed by atoms with Crippen LogP contribution in [-0.2, 0) is 22.6 Å². The summed E-state index contributed by atoms with van der Waals surface area (Å²) in [5, 5.41) is 3.92. The fourth-order valence-electron chi connectivity index (χ4n) is 3.79. The van der Waals surface area contributed by atoms with Crippen LogP contribution in [-0.4, -0.2) is 34.3 Å². The smallest absolute Gasteiger partial charge is 0.242 e. The third-order valence-corrected chi connectivity index (χ3v) is 5.30. The second-order valence-electron chi connectivity index (χ2n) is 7.07. The van der Waals surface area contributed by atoms with Crippen LogP contribution in [0.1, 0.15) is 24.0 Å². The van der Waals surface area contributed by atoms with Crippen molar-refractivity contribution in [3.8, 4) is 0 Å². The summed E-state index contributed by atoms with van der Waals surface area (Å²) in [5.41, 5.74) is 2.57. The van der Waals surface area contributed by atoms with E-state index >= 15 is 0 Å². The molecule has 0 saturated carbocycles. The zero-order valence-corrected chi connectivity index (χ0v) is 15.5. The number of hydrogen-bond donors (Lipinski definition) is 2. The van der Waals surface area contributed by atoms with Crippen LogP contribution < -0.4 is 5.32 Å². The van der Waals surface area contributed by atoms with E-state index in [1.54, 1.807) is 23.1 Å². The number of H-pyrrole nitrogens is 1. The number of benzene rings is 2. The van der Waals surface area contributed by atoms with E-state index in [2.05, 4.69) is 10.3 Å². The molecule has 1 aliphatic heterocycles. The minimum Gasteiger partial charge on any atom is -0.361 e. The molecule has 0 aliphatic carbocycles. The van der Waals surface area contributed by atoms with Gasteiger partial charge in [-0.3, -0.25) is 9.59 Å². The lowest BCUT2D eigenvalue weighted by atomic mass is 10.1. The average Bonchev–Trinajstić information content (AvgIpc) is 3.28. The molecule has 0 bridgehead atoms. The van der Waals surface area contributed by atoms with Gasteiger partial charge in [0.1, 0.15) is 11.9 Å². The van der Waals surface area contributed by atoms with Gasteiger partial charge in [-0.1, -0.05) is 36.4 Å².